The van der Waals surface area contributed by atoms with Gasteiger partial charge in [0.1, 0.15) is 0 Å². The second kappa shape index (κ2) is 4.85. The molecule has 1 rings (SSSR count). The van der Waals surface area contributed by atoms with Gasteiger partial charge >= 0.3 is 0 Å². The first kappa shape index (κ1) is 10.0. The maximum atomic E-state index is 11.2. The number of halogens is 1. The van der Waals surface area contributed by atoms with Crippen LogP contribution in [0.15, 0.2) is 21.5 Å². The largest absolute Gasteiger partial charge is 0.330 e. The molecule has 0 spiro atoms. The second-order valence-electron chi connectivity index (χ2n) is 2.40. The zero-order valence-corrected chi connectivity index (χ0v) is 8.52. The first-order chi connectivity index (χ1) is 6.24. The normalized spacial score (nSPS) is 9.08. The summed E-state index contributed by atoms with van der Waals surface area (Å²) in [7, 11) is 0. The molecule has 0 radical (unpaired) electrons. The van der Waals surface area contributed by atoms with Crippen LogP contribution in [0.25, 0.3) is 0 Å². The summed E-state index contributed by atoms with van der Waals surface area (Å²) in [5.74, 6) is 5.55. The van der Waals surface area contributed by atoms with Crippen LogP contribution in [0, 0.1) is 11.8 Å². The summed E-state index contributed by atoms with van der Waals surface area (Å²) < 4.78 is 0.809. The molecule has 0 amide bonds. The lowest BCUT2D eigenvalue weighted by atomic mass is 10.3. The number of hydrogen-bond acceptors (Lipinski definition) is 2. The molecule has 0 aliphatic carbocycles. The summed E-state index contributed by atoms with van der Waals surface area (Å²) in [5, 5.41) is 0. The molecule has 0 aromatic carbocycles. The lowest BCUT2D eigenvalue weighted by Crippen LogP contribution is -2.08. The highest BCUT2D eigenvalue weighted by Crippen LogP contribution is 2.05. The highest BCUT2D eigenvalue weighted by Gasteiger charge is 1.94. The zero-order chi connectivity index (χ0) is 9.68. The topological polar surface area (TPSA) is 58.9 Å². The van der Waals surface area contributed by atoms with Crippen LogP contribution >= 0.6 is 15.9 Å². The average molecular weight is 241 g/mol. The van der Waals surface area contributed by atoms with E-state index in [1.54, 1.807) is 12.3 Å². The third-order valence-electron chi connectivity index (χ3n) is 1.36. The molecule has 0 bridgehead atoms. The Morgan fingerprint density at radius 1 is 1.62 bits per heavy atom. The van der Waals surface area contributed by atoms with Crippen molar-refractivity contribution in [2.24, 2.45) is 5.73 Å². The summed E-state index contributed by atoms with van der Waals surface area (Å²) in [5.41, 5.74) is 5.55. The third-order valence-corrected chi connectivity index (χ3v) is 1.82. The lowest BCUT2D eigenvalue weighted by molar-refractivity contribution is 1.03. The van der Waals surface area contributed by atoms with E-state index >= 15 is 0 Å². The molecule has 0 saturated carbocycles. The van der Waals surface area contributed by atoms with Crippen LogP contribution in [0.1, 0.15) is 12.0 Å². The number of nitrogens with one attached hydrogen (secondary N) is 1. The van der Waals surface area contributed by atoms with Crippen molar-refractivity contribution in [1.29, 1.82) is 0 Å². The van der Waals surface area contributed by atoms with E-state index in [1.165, 1.54) is 0 Å². The Bertz CT molecular complexity index is 400. The first-order valence-corrected chi connectivity index (χ1v) is 4.60. The number of hydrogen-bond donors (Lipinski definition) is 2. The van der Waals surface area contributed by atoms with Crippen LogP contribution in [0.3, 0.4) is 0 Å². The Labute approximate surface area is 84.5 Å². The van der Waals surface area contributed by atoms with E-state index in [9.17, 15) is 4.79 Å². The van der Waals surface area contributed by atoms with E-state index in [-0.39, 0.29) is 5.56 Å². The van der Waals surface area contributed by atoms with Crippen molar-refractivity contribution < 1.29 is 0 Å². The minimum Gasteiger partial charge on any atom is -0.330 e. The standard InChI is InChI=1S/C9H9BrN2O/c10-8-5-7(3-1-2-4-11)9(13)12-6-8/h5-6H,2,4,11H2,(H,12,13). The van der Waals surface area contributed by atoms with Gasteiger partial charge in [-0.05, 0) is 22.0 Å². The van der Waals surface area contributed by atoms with Gasteiger partial charge in [-0.25, -0.2) is 0 Å². The Hall–Kier alpha value is -1.05. The predicted molar refractivity (Wildman–Crippen MR) is 55.3 cm³/mol. The van der Waals surface area contributed by atoms with Crippen LogP contribution in [0.4, 0.5) is 0 Å². The molecule has 3 N–H and O–H groups in total. The highest BCUT2D eigenvalue weighted by molar-refractivity contribution is 9.10. The predicted octanol–water partition coefficient (Wildman–Crippen LogP) is 0.838. The SMILES string of the molecule is NCCC#Cc1cc(Br)c[nH]c1=O. The molecular formula is C9H9BrN2O. The van der Waals surface area contributed by atoms with E-state index in [1.807, 2.05) is 0 Å². The van der Waals surface area contributed by atoms with Gasteiger partial charge < -0.3 is 10.7 Å². The summed E-state index contributed by atoms with van der Waals surface area (Å²) in [6.45, 7) is 0.513. The van der Waals surface area contributed by atoms with Gasteiger partial charge in [0.2, 0.25) is 0 Å². The average Bonchev–Trinajstić information content (AvgIpc) is 2.11. The number of rotatable bonds is 1. The smallest absolute Gasteiger partial charge is 0.263 e. The number of H-pyrrole nitrogens is 1. The van der Waals surface area contributed by atoms with Crippen molar-refractivity contribution in [3.05, 3.63) is 32.7 Å². The van der Waals surface area contributed by atoms with Gasteiger partial charge in [-0.15, -0.1) is 0 Å². The molecular weight excluding hydrogens is 232 g/mol. The zero-order valence-electron chi connectivity index (χ0n) is 6.93. The van der Waals surface area contributed by atoms with E-state index < -0.39 is 0 Å². The molecule has 0 unspecified atom stereocenters. The molecule has 1 heterocycles. The van der Waals surface area contributed by atoms with E-state index in [4.69, 9.17) is 5.73 Å². The molecule has 3 nitrogen and oxygen atoms in total. The number of aromatic amines is 1. The maximum absolute atomic E-state index is 11.2. The summed E-state index contributed by atoms with van der Waals surface area (Å²) in [4.78, 5) is 13.7. The third kappa shape index (κ3) is 3.05. The number of nitrogens with two attached hydrogens (primary N) is 1. The number of aromatic nitrogens is 1. The summed E-state index contributed by atoms with van der Waals surface area (Å²) in [6.07, 6.45) is 2.18. The van der Waals surface area contributed by atoms with Gasteiger partial charge in [-0.1, -0.05) is 11.8 Å². The van der Waals surface area contributed by atoms with Gasteiger partial charge in [0.05, 0.1) is 5.56 Å². The first-order valence-electron chi connectivity index (χ1n) is 3.81. The number of pyridine rings is 1. The van der Waals surface area contributed by atoms with Crippen molar-refractivity contribution >= 4 is 15.9 Å². The van der Waals surface area contributed by atoms with Crippen LogP contribution in [0.2, 0.25) is 0 Å². The fraction of sp³-hybridized carbons (Fsp3) is 0.222. The Balaban J connectivity index is 2.96. The second-order valence-corrected chi connectivity index (χ2v) is 3.32. The minimum absolute atomic E-state index is 0.173. The van der Waals surface area contributed by atoms with Crippen LogP contribution in [0.5, 0.6) is 0 Å². The summed E-state index contributed by atoms with van der Waals surface area (Å²) in [6, 6.07) is 1.68. The fourth-order valence-electron chi connectivity index (χ4n) is 0.780. The van der Waals surface area contributed by atoms with Gasteiger partial charge in [0.15, 0.2) is 0 Å². The molecule has 0 saturated heterocycles. The van der Waals surface area contributed by atoms with Crippen molar-refractivity contribution in [2.75, 3.05) is 6.54 Å². The molecule has 4 heteroatoms. The maximum Gasteiger partial charge on any atom is 0.263 e. The van der Waals surface area contributed by atoms with Gasteiger partial charge in [0, 0.05) is 23.6 Å². The van der Waals surface area contributed by atoms with E-state index in [0.717, 1.165) is 4.47 Å². The van der Waals surface area contributed by atoms with Gasteiger partial charge in [0.25, 0.3) is 5.56 Å². The molecule has 0 atom stereocenters. The molecule has 13 heavy (non-hydrogen) atoms. The van der Waals surface area contributed by atoms with Crippen LogP contribution in [-0.4, -0.2) is 11.5 Å². The lowest BCUT2D eigenvalue weighted by Gasteiger charge is -1.90. The molecule has 1 aromatic rings. The van der Waals surface area contributed by atoms with Crippen molar-refractivity contribution in [3.63, 3.8) is 0 Å². The van der Waals surface area contributed by atoms with Gasteiger partial charge in [-0.2, -0.15) is 0 Å². The molecule has 0 aliphatic heterocycles. The summed E-state index contributed by atoms with van der Waals surface area (Å²) >= 11 is 3.24. The van der Waals surface area contributed by atoms with Crippen molar-refractivity contribution in [1.82, 2.24) is 4.98 Å². The Morgan fingerprint density at radius 3 is 3.08 bits per heavy atom. The van der Waals surface area contributed by atoms with Crippen LogP contribution < -0.4 is 11.3 Å². The van der Waals surface area contributed by atoms with Crippen LogP contribution in [-0.2, 0) is 0 Å². The molecule has 1 aromatic heterocycles. The fourth-order valence-corrected chi connectivity index (χ4v) is 1.12. The molecule has 0 fully saturated rings. The monoisotopic (exact) mass is 240 g/mol. The highest BCUT2D eigenvalue weighted by atomic mass is 79.9. The quantitative estimate of drug-likeness (QED) is 0.715. The van der Waals surface area contributed by atoms with E-state index in [2.05, 4.69) is 32.8 Å². The van der Waals surface area contributed by atoms with E-state index in [0.29, 0.717) is 18.5 Å². The van der Waals surface area contributed by atoms with Crippen molar-refractivity contribution in [3.8, 4) is 11.8 Å². The minimum atomic E-state index is -0.173. The molecule has 68 valence electrons. The van der Waals surface area contributed by atoms with Crippen molar-refractivity contribution in [2.45, 2.75) is 6.42 Å². The molecule has 0 aliphatic rings. The Kier molecular flexibility index (Phi) is 3.74. The Morgan fingerprint density at radius 2 is 2.38 bits per heavy atom. The van der Waals surface area contributed by atoms with Gasteiger partial charge in [-0.3, -0.25) is 4.79 Å².